The lowest BCUT2D eigenvalue weighted by atomic mass is 10.0. The van der Waals surface area contributed by atoms with E-state index in [1.807, 2.05) is 13.8 Å². The molecule has 1 aromatic heterocycles. The molecule has 3 atom stereocenters. The zero-order valence-electron chi connectivity index (χ0n) is 25.5. The smallest absolute Gasteiger partial charge is 0.255 e. The molecule has 5 rings (SSSR count). The number of nitrogens with zero attached hydrogens (tertiary/aromatic N) is 1. The van der Waals surface area contributed by atoms with Gasteiger partial charge in [0.2, 0.25) is 17.7 Å². The van der Waals surface area contributed by atoms with E-state index in [0.717, 1.165) is 22.7 Å². The minimum absolute atomic E-state index is 0.0600. The third-order valence-corrected chi connectivity index (χ3v) is 8.50. The summed E-state index contributed by atoms with van der Waals surface area (Å²) in [6.45, 7) is 9.43. The molecule has 234 valence electrons. The van der Waals surface area contributed by atoms with Crippen molar-refractivity contribution in [3.8, 4) is 17.2 Å². The first kappa shape index (κ1) is 32.5. The summed E-state index contributed by atoms with van der Waals surface area (Å²) < 4.78 is 5.91. The van der Waals surface area contributed by atoms with Crippen LogP contribution in [0.4, 0.5) is 0 Å². The molecule has 2 aliphatic rings. The largest absolute Gasteiger partial charge is 0.507 e. The topological polar surface area (TPSA) is 159 Å². The van der Waals surface area contributed by atoms with Gasteiger partial charge >= 0.3 is 0 Å². The molecule has 5 N–H and O–H groups in total. The van der Waals surface area contributed by atoms with E-state index in [1.165, 1.54) is 30.0 Å². The number of ether oxygens (including phenoxy) is 1. The lowest BCUT2D eigenvalue weighted by molar-refractivity contribution is -0.132. The lowest BCUT2D eigenvalue weighted by Crippen LogP contribution is -2.57. The minimum atomic E-state index is -1.00. The monoisotopic (exact) mass is 621 g/mol. The number of aromatic nitrogens is 1. The number of phenols is 1. The molecule has 0 radical (unpaired) electrons. The Morgan fingerprint density at radius 3 is 2.41 bits per heavy atom. The first-order valence-electron chi connectivity index (χ1n) is 14.6. The van der Waals surface area contributed by atoms with Crippen molar-refractivity contribution in [1.82, 2.24) is 26.3 Å². The first-order chi connectivity index (χ1) is 20.9. The Bertz CT molecular complexity index is 1500. The van der Waals surface area contributed by atoms with Gasteiger partial charge in [0, 0.05) is 24.3 Å². The molecule has 0 saturated carbocycles. The highest BCUT2D eigenvalue weighted by molar-refractivity contribution is 7.11. The maximum Gasteiger partial charge on any atom is 0.255 e. The molecule has 3 aromatic rings. The van der Waals surface area contributed by atoms with Gasteiger partial charge in [-0.15, -0.1) is 11.3 Å². The second-order valence-electron chi connectivity index (χ2n) is 11.3. The van der Waals surface area contributed by atoms with Crippen molar-refractivity contribution in [3.05, 3.63) is 69.2 Å². The molecule has 2 aromatic carbocycles. The number of carbonyl (C=O) groups excluding carboxylic acids is 4. The Balaban J connectivity index is 1.55. The lowest BCUT2D eigenvalue weighted by Gasteiger charge is -2.25. The van der Waals surface area contributed by atoms with Gasteiger partial charge in [0.1, 0.15) is 35.4 Å². The Kier molecular flexibility index (Phi) is 10.6. The molecule has 4 bridgehead atoms. The minimum Gasteiger partial charge on any atom is -0.507 e. The van der Waals surface area contributed by atoms with Crippen LogP contribution in [0.1, 0.15) is 58.7 Å². The molecular weight excluding hydrogens is 582 g/mol. The molecule has 2 aliphatic heterocycles. The Morgan fingerprint density at radius 1 is 1.05 bits per heavy atom. The van der Waals surface area contributed by atoms with Gasteiger partial charge in [-0.2, -0.15) is 0 Å². The van der Waals surface area contributed by atoms with E-state index >= 15 is 0 Å². The predicted molar refractivity (Wildman–Crippen MR) is 167 cm³/mol. The molecule has 0 spiro atoms. The van der Waals surface area contributed by atoms with Crippen LogP contribution in [-0.4, -0.2) is 58.4 Å². The van der Waals surface area contributed by atoms with Gasteiger partial charge in [-0.1, -0.05) is 26.0 Å². The average Bonchev–Trinajstić information content (AvgIpc) is 3.30. The summed E-state index contributed by atoms with van der Waals surface area (Å²) in [6.07, 6.45) is 1.63. The number of amides is 4. The summed E-state index contributed by atoms with van der Waals surface area (Å²) in [5.41, 5.74) is 1.73. The number of nitrogens with one attached hydrogen (secondary N) is 4. The summed E-state index contributed by atoms with van der Waals surface area (Å²) in [7, 11) is 0. The Morgan fingerprint density at radius 2 is 1.75 bits per heavy atom. The number of phenolic OH excluding ortho intramolecular Hbond substituents is 1. The van der Waals surface area contributed by atoms with Crippen LogP contribution in [-0.2, 0) is 27.2 Å². The summed E-state index contributed by atoms with van der Waals surface area (Å²) in [5, 5.41) is 22.4. The van der Waals surface area contributed by atoms with Gasteiger partial charge in [0.15, 0.2) is 0 Å². The zero-order valence-corrected chi connectivity index (χ0v) is 26.3. The van der Waals surface area contributed by atoms with E-state index in [0.29, 0.717) is 24.5 Å². The van der Waals surface area contributed by atoms with Crippen LogP contribution in [0.25, 0.3) is 0 Å². The Hall–Kier alpha value is -4.45. The molecule has 0 fully saturated rings. The highest BCUT2D eigenvalue weighted by Crippen LogP contribution is 2.28. The average molecular weight is 622 g/mol. The molecule has 3 heterocycles. The van der Waals surface area contributed by atoms with Crippen LogP contribution >= 0.6 is 11.3 Å². The van der Waals surface area contributed by atoms with Gasteiger partial charge in [-0.05, 0) is 69.0 Å². The van der Waals surface area contributed by atoms with Crippen LogP contribution in [0, 0.1) is 19.8 Å². The second-order valence-corrected chi connectivity index (χ2v) is 12.5. The molecule has 12 heteroatoms. The number of carbonyl (C=O) groups is 4. The number of benzene rings is 2. The van der Waals surface area contributed by atoms with Crippen LogP contribution < -0.4 is 26.0 Å². The van der Waals surface area contributed by atoms with Crippen molar-refractivity contribution in [2.75, 3.05) is 6.54 Å². The molecular formula is C32H39N5O6S. The van der Waals surface area contributed by atoms with Gasteiger partial charge in [0.05, 0.1) is 16.3 Å². The fraction of sp³-hybridized carbons (Fsp3) is 0.406. The Labute approximate surface area is 260 Å². The van der Waals surface area contributed by atoms with E-state index in [2.05, 4.69) is 26.3 Å². The molecule has 0 saturated heterocycles. The SMILES string of the molecule is Cc1nc(CCCNC(=O)[C@@H]2Cc3ccc(cc3)Oc3ccc(O)c(c3)C(=O)N[C@@H](C(C)C)C(=O)N[C@@H](C)C(=O)N2)sc1C. The molecule has 4 amide bonds. The molecule has 0 unspecified atom stereocenters. The van der Waals surface area contributed by atoms with Gasteiger partial charge in [0.25, 0.3) is 5.91 Å². The van der Waals surface area contributed by atoms with Crippen molar-refractivity contribution in [3.63, 3.8) is 0 Å². The van der Waals surface area contributed by atoms with E-state index in [1.54, 1.807) is 49.4 Å². The molecule has 11 nitrogen and oxygen atoms in total. The van der Waals surface area contributed by atoms with Crippen LogP contribution in [0.3, 0.4) is 0 Å². The van der Waals surface area contributed by atoms with Crippen LogP contribution in [0.2, 0.25) is 0 Å². The van der Waals surface area contributed by atoms with Crippen molar-refractivity contribution in [2.45, 2.75) is 72.0 Å². The second kappa shape index (κ2) is 14.3. The van der Waals surface area contributed by atoms with Gasteiger partial charge < -0.3 is 31.1 Å². The summed E-state index contributed by atoms with van der Waals surface area (Å²) in [6, 6.07) is 8.36. The number of hydrogen-bond donors (Lipinski definition) is 5. The maximum absolute atomic E-state index is 13.3. The first-order valence-corrected chi connectivity index (χ1v) is 15.4. The summed E-state index contributed by atoms with van der Waals surface area (Å²) >= 11 is 1.65. The highest BCUT2D eigenvalue weighted by atomic mass is 32.1. The maximum atomic E-state index is 13.3. The number of aryl methyl sites for hydroxylation is 3. The number of fused-ring (bicyclic) bond motifs is 11. The van der Waals surface area contributed by atoms with E-state index in [-0.39, 0.29) is 29.6 Å². The quantitative estimate of drug-likeness (QED) is 0.209. The van der Waals surface area contributed by atoms with E-state index in [4.69, 9.17) is 4.74 Å². The van der Waals surface area contributed by atoms with E-state index < -0.39 is 35.8 Å². The summed E-state index contributed by atoms with van der Waals surface area (Å²) in [5.74, 6) is -1.97. The molecule has 0 aliphatic carbocycles. The normalized spacial score (nSPS) is 19.3. The van der Waals surface area contributed by atoms with E-state index in [9.17, 15) is 24.3 Å². The summed E-state index contributed by atoms with van der Waals surface area (Å²) in [4.78, 5) is 58.5. The fourth-order valence-corrected chi connectivity index (χ4v) is 5.65. The standard InChI is InChI=1S/C32H39N5O6S/c1-17(2)28-32(42)35-19(4)29(39)36-25(31(41)33-14-6-7-27-34-18(3)20(5)44-27)15-21-8-10-22(11-9-21)43-23-12-13-26(38)24(16-23)30(40)37-28/h8-13,16-17,19,25,28,38H,6-7,14-15H2,1-5H3,(H,33,41)(H,35,42)(H,36,39)(H,37,40)/t19-,25-,28-/m0/s1. The molecule has 44 heavy (non-hydrogen) atoms. The van der Waals surface area contributed by atoms with Crippen molar-refractivity contribution < 1.29 is 29.0 Å². The highest BCUT2D eigenvalue weighted by Gasteiger charge is 2.30. The number of thiazole rings is 1. The van der Waals surface area contributed by atoms with Gasteiger partial charge in [-0.3, -0.25) is 19.2 Å². The van der Waals surface area contributed by atoms with Crippen molar-refractivity contribution >= 4 is 35.0 Å². The third-order valence-electron chi connectivity index (χ3n) is 7.37. The number of hydrogen-bond acceptors (Lipinski definition) is 8. The third kappa shape index (κ3) is 8.34. The van der Waals surface area contributed by atoms with Crippen molar-refractivity contribution in [1.29, 1.82) is 0 Å². The number of aromatic hydroxyl groups is 1. The van der Waals surface area contributed by atoms with Crippen LogP contribution in [0.15, 0.2) is 42.5 Å². The fourth-order valence-electron chi connectivity index (χ4n) is 4.68. The zero-order chi connectivity index (χ0) is 32.0. The van der Waals surface area contributed by atoms with Gasteiger partial charge in [-0.25, -0.2) is 4.98 Å². The van der Waals surface area contributed by atoms with Crippen molar-refractivity contribution in [2.24, 2.45) is 5.92 Å². The number of rotatable bonds is 6. The predicted octanol–water partition coefficient (Wildman–Crippen LogP) is 3.31. The van der Waals surface area contributed by atoms with Crippen LogP contribution in [0.5, 0.6) is 17.2 Å².